The van der Waals surface area contributed by atoms with Crippen molar-refractivity contribution in [2.45, 2.75) is 19.3 Å². The third-order valence-electron chi connectivity index (χ3n) is 0.500. The van der Waals surface area contributed by atoms with Crippen LogP contribution in [0.3, 0.4) is 0 Å². The van der Waals surface area contributed by atoms with Gasteiger partial charge < -0.3 is 38.7 Å². The molecule has 0 nitrogen and oxygen atoms in total. The molecular formula is C5H10Cl2Mg2. The number of rotatable bonds is 2. The molecule has 4 heteroatoms. The van der Waals surface area contributed by atoms with Crippen molar-refractivity contribution < 1.29 is 24.8 Å². The number of hydrogen-bond donors (Lipinski definition) is 0. The molecule has 9 heavy (non-hydrogen) atoms. The van der Waals surface area contributed by atoms with Gasteiger partial charge in [-0.05, 0) is 0 Å². The molecule has 0 N–H and O–H groups in total. The largest absolute Gasteiger partial charge is 2.00 e. The maximum absolute atomic E-state index is 3.64. The third-order valence-corrected chi connectivity index (χ3v) is 0.500. The molecule has 48 valence electrons. The first-order chi connectivity index (χ1) is 2.41. The predicted octanol–water partition coefficient (Wildman–Crippen LogP) is -4.93. The molecule has 0 aliphatic rings. The topological polar surface area (TPSA) is 0 Å². The van der Waals surface area contributed by atoms with Crippen molar-refractivity contribution in [2.75, 3.05) is 0 Å². The first-order valence-electron chi connectivity index (χ1n) is 2.00. The minimum atomic E-state index is 0. The van der Waals surface area contributed by atoms with Crippen molar-refractivity contribution in [3.63, 3.8) is 0 Å². The maximum Gasteiger partial charge on any atom is 2.00 e. The van der Waals surface area contributed by atoms with Crippen LogP contribution in [0.4, 0.5) is 0 Å². The van der Waals surface area contributed by atoms with E-state index in [0.29, 0.717) is 0 Å². The smallest absolute Gasteiger partial charge is 1.00 e. The first-order valence-corrected chi connectivity index (χ1v) is 2.00. The van der Waals surface area contributed by atoms with Crippen LogP contribution in [0.15, 0.2) is 0 Å². The van der Waals surface area contributed by atoms with E-state index in [9.17, 15) is 0 Å². The van der Waals surface area contributed by atoms with Crippen molar-refractivity contribution in [3.05, 3.63) is 13.8 Å². The maximum atomic E-state index is 3.64. The average molecular weight is 190 g/mol. The van der Waals surface area contributed by atoms with Crippen LogP contribution in [0, 0.1) is 13.8 Å². The van der Waals surface area contributed by atoms with Gasteiger partial charge in [0.05, 0.1) is 0 Å². The van der Waals surface area contributed by atoms with Crippen LogP contribution in [0.25, 0.3) is 0 Å². The molecule has 0 rings (SSSR count). The molecular weight excluding hydrogens is 180 g/mol. The second-order valence-electron chi connectivity index (χ2n) is 1.06. The first kappa shape index (κ1) is 30.4. The van der Waals surface area contributed by atoms with Gasteiger partial charge in [0.15, 0.2) is 0 Å². The fourth-order valence-electron chi connectivity index (χ4n) is 0.177. The van der Waals surface area contributed by atoms with E-state index in [2.05, 4.69) is 13.8 Å². The average Bonchev–Trinajstić information content (AvgIpc) is 1.41. The van der Waals surface area contributed by atoms with Crippen LogP contribution in [0.2, 0.25) is 0 Å². The van der Waals surface area contributed by atoms with Crippen molar-refractivity contribution in [3.8, 4) is 0 Å². The molecule has 0 saturated carbocycles. The molecule has 0 atom stereocenters. The van der Waals surface area contributed by atoms with E-state index >= 15 is 0 Å². The van der Waals surface area contributed by atoms with Gasteiger partial charge in [0, 0.05) is 0 Å². The van der Waals surface area contributed by atoms with Crippen molar-refractivity contribution in [1.82, 2.24) is 0 Å². The Bertz CT molecular complexity index is 20.4. The summed E-state index contributed by atoms with van der Waals surface area (Å²) in [5.74, 6) is 0. The second kappa shape index (κ2) is 32.1. The van der Waals surface area contributed by atoms with Crippen LogP contribution < -0.4 is 24.8 Å². The summed E-state index contributed by atoms with van der Waals surface area (Å²) in [6.45, 7) is 7.27. The zero-order chi connectivity index (χ0) is 4.12. The molecule has 0 heterocycles. The summed E-state index contributed by atoms with van der Waals surface area (Å²) >= 11 is 0. The van der Waals surface area contributed by atoms with Gasteiger partial charge in [0.1, 0.15) is 0 Å². The van der Waals surface area contributed by atoms with E-state index in [1.54, 1.807) is 0 Å². The molecule has 0 aliphatic heterocycles. The van der Waals surface area contributed by atoms with Crippen LogP contribution >= 0.6 is 0 Å². The van der Waals surface area contributed by atoms with E-state index in [1.165, 1.54) is 6.42 Å². The van der Waals surface area contributed by atoms with E-state index in [-0.39, 0.29) is 70.9 Å². The van der Waals surface area contributed by atoms with Crippen LogP contribution in [0.5, 0.6) is 0 Å². The summed E-state index contributed by atoms with van der Waals surface area (Å²) < 4.78 is 0. The Kier molecular flexibility index (Phi) is 109. The van der Waals surface area contributed by atoms with Crippen LogP contribution in [0.1, 0.15) is 19.3 Å². The second-order valence-corrected chi connectivity index (χ2v) is 1.06. The van der Waals surface area contributed by atoms with Gasteiger partial charge in [0.2, 0.25) is 0 Å². The quantitative estimate of drug-likeness (QED) is 0.302. The normalized spacial score (nSPS) is 4.67. The van der Waals surface area contributed by atoms with E-state index in [1.807, 2.05) is 0 Å². The Morgan fingerprint density at radius 1 is 0.778 bits per heavy atom. The Hall–Kier alpha value is 2.11. The number of hydrogen-bond acceptors (Lipinski definition) is 0. The number of unbranched alkanes of at least 4 members (excludes halogenated alkanes) is 2. The van der Waals surface area contributed by atoms with Crippen LogP contribution in [-0.2, 0) is 0 Å². The van der Waals surface area contributed by atoms with Crippen LogP contribution in [-0.4, -0.2) is 46.1 Å². The van der Waals surface area contributed by atoms with E-state index < -0.39 is 0 Å². The molecule has 0 unspecified atom stereocenters. The SMILES string of the molecule is [CH2-]CCC[CH2-].[Cl-].[Cl-].[Mg+2].[Mg+2]. The van der Waals surface area contributed by atoms with Crippen molar-refractivity contribution >= 4 is 46.1 Å². The molecule has 0 aromatic carbocycles. The molecule has 0 saturated heterocycles. The molecule has 0 aromatic heterocycles. The summed E-state index contributed by atoms with van der Waals surface area (Å²) in [7, 11) is 0. The molecule has 0 radical (unpaired) electrons. The monoisotopic (exact) mass is 188 g/mol. The fraction of sp³-hybridized carbons (Fsp3) is 0.600. The summed E-state index contributed by atoms with van der Waals surface area (Å²) in [5, 5.41) is 0. The standard InChI is InChI=1S/C5H10.2ClH.2Mg/c1-3-5-4-2;;;;/h1-5H2;2*1H;;/q-2;;;2*+2/p-2. The van der Waals surface area contributed by atoms with Gasteiger partial charge >= 0.3 is 46.1 Å². The Labute approximate surface area is 103 Å². The zero-order valence-electron chi connectivity index (χ0n) is 5.71. The van der Waals surface area contributed by atoms with Gasteiger partial charge in [-0.25, -0.2) is 0 Å². The minimum Gasteiger partial charge on any atom is -1.00 e. The Morgan fingerprint density at radius 3 is 1.00 bits per heavy atom. The Morgan fingerprint density at radius 2 is 1.00 bits per heavy atom. The van der Waals surface area contributed by atoms with Gasteiger partial charge in [-0.15, -0.1) is 6.42 Å². The Balaban J connectivity index is -0.0000000133. The molecule has 0 fully saturated rings. The summed E-state index contributed by atoms with van der Waals surface area (Å²) in [6, 6.07) is 0. The molecule has 0 bridgehead atoms. The molecule has 0 spiro atoms. The van der Waals surface area contributed by atoms with Crippen molar-refractivity contribution in [2.24, 2.45) is 0 Å². The van der Waals surface area contributed by atoms with E-state index in [4.69, 9.17) is 0 Å². The van der Waals surface area contributed by atoms with Gasteiger partial charge in [0.25, 0.3) is 0 Å². The molecule has 0 aromatic rings. The van der Waals surface area contributed by atoms with Gasteiger partial charge in [-0.3, -0.25) is 0 Å². The summed E-state index contributed by atoms with van der Waals surface area (Å²) in [4.78, 5) is 0. The number of halogens is 2. The third kappa shape index (κ3) is 39.4. The van der Waals surface area contributed by atoms with Gasteiger partial charge in [-0.2, -0.15) is 12.8 Å². The fourth-order valence-corrected chi connectivity index (χ4v) is 0.177. The molecule has 0 aliphatic carbocycles. The summed E-state index contributed by atoms with van der Waals surface area (Å²) in [5.41, 5.74) is 0. The van der Waals surface area contributed by atoms with Gasteiger partial charge in [-0.1, -0.05) is 0 Å². The molecule has 0 amide bonds. The van der Waals surface area contributed by atoms with Crippen molar-refractivity contribution in [1.29, 1.82) is 0 Å². The van der Waals surface area contributed by atoms with E-state index in [0.717, 1.165) is 12.8 Å². The minimum absolute atomic E-state index is 0. The zero-order valence-corrected chi connectivity index (χ0v) is 10.0. The predicted molar refractivity (Wildman–Crippen MR) is 36.1 cm³/mol. The summed E-state index contributed by atoms with van der Waals surface area (Å²) in [6.07, 6.45) is 3.23.